The van der Waals surface area contributed by atoms with Crippen molar-refractivity contribution in [1.82, 2.24) is 15.2 Å². The van der Waals surface area contributed by atoms with Crippen molar-refractivity contribution in [3.05, 3.63) is 42.1 Å². The number of anilines is 2. The molecule has 2 rings (SSSR count). The zero-order valence-corrected chi connectivity index (χ0v) is 14.0. The number of nitrogens with zero attached hydrogens (tertiary/aromatic N) is 4. The summed E-state index contributed by atoms with van der Waals surface area (Å²) in [4.78, 5) is 6.77. The summed E-state index contributed by atoms with van der Waals surface area (Å²) in [5, 5.41) is 11.6. The first kappa shape index (κ1) is 16.2. The SMILES string of the molecule is CC(C)N(Cc1ccccc1)c1nncc(NC(C)(C)C)n1. The van der Waals surface area contributed by atoms with Crippen LogP contribution in [-0.4, -0.2) is 26.8 Å². The van der Waals surface area contributed by atoms with Crippen LogP contribution in [0.25, 0.3) is 0 Å². The lowest BCUT2D eigenvalue weighted by molar-refractivity contribution is 0.622. The molecule has 1 aromatic heterocycles. The second-order valence-corrected chi connectivity index (χ2v) is 6.72. The van der Waals surface area contributed by atoms with E-state index in [1.54, 1.807) is 6.20 Å². The molecule has 0 atom stereocenters. The number of rotatable bonds is 5. The number of benzene rings is 1. The average molecular weight is 299 g/mol. The third-order valence-electron chi connectivity index (χ3n) is 3.13. The van der Waals surface area contributed by atoms with Crippen LogP contribution in [0.15, 0.2) is 36.5 Å². The van der Waals surface area contributed by atoms with Gasteiger partial charge in [-0.15, -0.1) is 5.10 Å². The molecule has 1 heterocycles. The summed E-state index contributed by atoms with van der Waals surface area (Å²) in [5.41, 5.74) is 1.17. The fourth-order valence-corrected chi connectivity index (χ4v) is 2.12. The van der Waals surface area contributed by atoms with E-state index in [-0.39, 0.29) is 11.6 Å². The highest BCUT2D eigenvalue weighted by atomic mass is 15.3. The average Bonchev–Trinajstić information content (AvgIpc) is 2.44. The van der Waals surface area contributed by atoms with E-state index in [4.69, 9.17) is 0 Å². The topological polar surface area (TPSA) is 53.9 Å². The zero-order chi connectivity index (χ0) is 16.2. The summed E-state index contributed by atoms with van der Waals surface area (Å²) in [6.45, 7) is 11.3. The quantitative estimate of drug-likeness (QED) is 0.916. The molecule has 0 fully saturated rings. The predicted octanol–water partition coefficient (Wildman–Crippen LogP) is 3.50. The van der Waals surface area contributed by atoms with E-state index >= 15 is 0 Å². The summed E-state index contributed by atoms with van der Waals surface area (Å²) < 4.78 is 0. The molecule has 2 aromatic rings. The van der Waals surface area contributed by atoms with Gasteiger partial charge in [0.2, 0.25) is 5.95 Å². The van der Waals surface area contributed by atoms with Gasteiger partial charge in [-0.1, -0.05) is 30.3 Å². The Kier molecular flexibility index (Phi) is 4.96. The monoisotopic (exact) mass is 299 g/mol. The van der Waals surface area contributed by atoms with Crippen LogP contribution in [-0.2, 0) is 6.54 Å². The van der Waals surface area contributed by atoms with Gasteiger partial charge in [0.05, 0.1) is 6.20 Å². The first-order chi connectivity index (χ1) is 10.3. The summed E-state index contributed by atoms with van der Waals surface area (Å²) in [5.74, 6) is 1.39. The molecule has 0 aliphatic heterocycles. The van der Waals surface area contributed by atoms with Gasteiger partial charge in [0.15, 0.2) is 5.82 Å². The Bertz CT molecular complexity index is 589. The van der Waals surface area contributed by atoms with E-state index in [9.17, 15) is 0 Å². The van der Waals surface area contributed by atoms with Gasteiger partial charge in [0.25, 0.3) is 0 Å². The zero-order valence-electron chi connectivity index (χ0n) is 14.0. The lowest BCUT2D eigenvalue weighted by Crippen LogP contribution is -2.33. The molecular weight excluding hydrogens is 274 g/mol. The summed E-state index contributed by atoms with van der Waals surface area (Å²) in [6, 6.07) is 10.6. The maximum atomic E-state index is 4.62. The van der Waals surface area contributed by atoms with E-state index in [1.807, 2.05) is 18.2 Å². The standard InChI is InChI=1S/C17H25N5/c1-13(2)22(12-14-9-7-6-8-10-14)16-19-15(11-18-21-16)20-17(3,4)5/h6-11,13H,12H2,1-5H3,(H,19,20,21). The molecule has 1 aromatic carbocycles. The fourth-order valence-electron chi connectivity index (χ4n) is 2.12. The van der Waals surface area contributed by atoms with Crippen molar-refractivity contribution in [3.8, 4) is 0 Å². The molecule has 0 unspecified atom stereocenters. The Balaban J connectivity index is 2.23. The van der Waals surface area contributed by atoms with Crippen molar-refractivity contribution >= 4 is 11.8 Å². The molecule has 5 nitrogen and oxygen atoms in total. The lowest BCUT2D eigenvalue weighted by Gasteiger charge is -2.27. The molecule has 0 amide bonds. The third kappa shape index (κ3) is 4.69. The smallest absolute Gasteiger partial charge is 0.247 e. The molecule has 0 spiro atoms. The van der Waals surface area contributed by atoms with Gasteiger partial charge in [0.1, 0.15) is 0 Å². The van der Waals surface area contributed by atoms with Crippen LogP contribution >= 0.6 is 0 Å². The minimum atomic E-state index is -0.0601. The normalized spacial score (nSPS) is 11.5. The van der Waals surface area contributed by atoms with E-state index < -0.39 is 0 Å². The van der Waals surface area contributed by atoms with Gasteiger partial charge in [-0.2, -0.15) is 10.1 Å². The Hall–Kier alpha value is -2.17. The van der Waals surface area contributed by atoms with Crippen LogP contribution in [0.2, 0.25) is 0 Å². The maximum Gasteiger partial charge on any atom is 0.247 e. The Labute approximate surface area is 132 Å². The molecule has 22 heavy (non-hydrogen) atoms. The van der Waals surface area contributed by atoms with Gasteiger partial charge >= 0.3 is 0 Å². The van der Waals surface area contributed by atoms with E-state index in [2.05, 4.69) is 72.1 Å². The third-order valence-corrected chi connectivity index (χ3v) is 3.13. The summed E-state index contributed by atoms with van der Waals surface area (Å²) in [7, 11) is 0. The van der Waals surface area contributed by atoms with Gasteiger partial charge in [-0.25, -0.2) is 0 Å². The Morgan fingerprint density at radius 1 is 1.14 bits per heavy atom. The van der Waals surface area contributed by atoms with Crippen molar-refractivity contribution in [2.75, 3.05) is 10.2 Å². The molecular formula is C17H25N5. The van der Waals surface area contributed by atoms with Gasteiger partial charge in [-0.05, 0) is 40.2 Å². The number of nitrogens with one attached hydrogen (secondary N) is 1. The first-order valence-corrected chi connectivity index (χ1v) is 7.63. The lowest BCUT2D eigenvalue weighted by atomic mass is 10.1. The minimum Gasteiger partial charge on any atom is -0.364 e. The Morgan fingerprint density at radius 3 is 2.41 bits per heavy atom. The largest absolute Gasteiger partial charge is 0.364 e. The van der Waals surface area contributed by atoms with E-state index in [0.29, 0.717) is 5.95 Å². The molecule has 0 bridgehead atoms. The van der Waals surface area contributed by atoms with Crippen molar-refractivity contribution in [2.24, 2.45) is 0 Å². The number of aromatic nitrogens is 3. The number of hydrogen-bond donors (Lipinski definition) is 1. The first-order valence-electron chi connectivity index (χ1n) is 7.63. The van der Waals surface area contributed by atoms with Gasteiger partial charge < -0.3 is 10.2 Å². The maximum absolute atomic E-state index is 4.62. The van der Waals surface area contributed by atoms with Crippen LogP contribution in [0.5, 0.6) is 0 Å². The van der Waals surface area contributed by atoms with Crippen molar-refractivity contribution in [1.29, 1.82) is 0 Å². The number of hydrogen-bond acceptors (Lipinski definition) is 5. The van der Waals surface area contributed by atoms with Crippen molar-refractivity contribution in [3.63, 3.8) is 0 Å². The van der Waals surface area contributed by atoms with Crippen LogP contribution < -0.4 is 10.2 Å². The molecule has 0 radical (unpaired) electrons. The highest BCUT2D eigenvalue weighted by Crippen LogP contribution is 2.18. The second kappa shape index (κ2) is 6.73. The molecule has 0 saturated carbocycles. The van der Waals surface area contributed by atoms with Gasteiger partial charge in [0, 0.05) is 18.1 Å². The van der Waals surface area contributed by atoms with Gasteiger partial charge in [-0.3, -0.25) is 0 Å². The Morgan fingerprint density at radius 2 is 1.82 bits per heavy atom. The van der Waals surface area contributed by atoms with Crippen molar-refractivity contribution in [2.45, 2.75) is 52.7 Å². The van der Waals surface area contributed by atoms with Crippen LogP contribution in [0.3, 0.4) is 0 Å². The molecule has 0 saturated heterocycles. The summed E-state index contributed by atoms with van der Waals surface area (Å²) in [6.07, 6.45) is 1.66. The van der Waals surface area contributed by atoms with E-state index in [0.717, 1.165) is 12.4 Å². The van der Waals surface area contributed by atoms with Crippen LogP contribution in [0.4, 0.5) is 11.8 Å². The van der Waals surface area contributed by atoms with Crippen molar-refractivity contribution < 1.29 is 0 Å². The van der Waals surface area contributed by atoms with Crippen LogP contribution in [0.1, 0.15) is 40.2 Å². The molecule has 0 aliphatic rings. The molecule has 1 N–H and O–H groups in total. The molecule has 0 aliphatic carbocycles. The summed E-state index contributed by atoms with van der Waals surface area (Å²) >= 11 is 0. The molecule has 5 heteroatoms. The minimum absolute atomic E-state index is 0.0601. The highest BCUT2D eigenvalue weighted by Gasteiger charge is 2.17. The fraction of sp³-hybridized carbons (Fsp3) is 0.471. The van der Waals surface area contributed by atoms with E-state index in [1.165, 1.54) is 5.56 Å². The molecule has 118 valence electrons. The predicted molar refractivity (Wildman–Crippen MR) is 91.0 cm³/mol. The highest BCUT2D eigenvalue weighted by molar-refractivity contribution is 5.41. The second-order valence-electron chi connectivity index (χ2n) is 6.72. The van der Waals surface area contributed by atoms with Crippen LogP contribution in [0, 0.1) is 0 Å².